The van der Waals surface area contributed by atoms with Gasteiger partial charge in [-0.05, 0) is 38.0 Å². The third-order valence-corrected chi connectivity index (χ3v) is 7.18. The Morgan fingerprint density at radius 2 is 0.737 bits per heavy atom. The third-order valence-electron chi connectivity index (χ3n) is 7.18. The molecular weight excluding hydrogens is 480 g/mol. The molecule has 0 radical (unpaired) electrons. The molecule has 2 atom stereocenters. The highest BCUT2D eigenvalue weighted by atomic mass is 16.1. The molecule has 0 spiro atoms. The fourth-order valence-corrected chi connectivity index (χ4v) is 4.99. The lowest BCUT2D eigenvalue weighted by Crippen LogP contribution is -2.20. The van der Waals surface area contributed by atoms with Crippen molar-refractivity contribution in [3.05, 3.63) is 0 Å². The molecule has 0 amide bonds. The zero-order chi connectivity index (χ0) is 27.8. The predicted molar refractivity (Wildman–Crippen MR) is 151 cm³/mol. The molecule has 0 aromatic heterocycles. The quantitative estimate of drug-likeness (QED) is 0.0565. The van der Waals surface area contributed by atoms with Gasteiger partial charge >= 0.3 is 0 Å². The lowest BCUT2D eigenvalue weighted by molar-refractivity contribution is 0.336. The second kappa shape index (κ2) is 30.7. The van der Waals surface area contributed by atoms with E-state index < -0.39 is 0 Å². The van der Waals surface area contributed by atoms with Crippen molar-refractivity contribution in [2.75, 3.05) is 19.6 Å². The van der Waals surface area contributed by atoms with Crippen molar-refractivity contribution in [1.29, 1.82) is 0 Å². The van der Waals surface area contributed by atoms with Crippen molar-refractivity contribution in [3.63, 3.8) is 0 Å². The van der Waals surface area contributed by atoms with E-state index >= 15 is 0 Å². The summed E-state index contributed by atoms with van der Waals surface area (Å²) in [5.41, 5.74) is 0. The van der Waals surface area contributed by atoms with Crippen LogP contribution in [0, 0.1) is 5.92 Å². The van der Waals surface area contributed by atoms with E-state index in [1.807, 2.05) is 0 Å². The number of nitrogens with zero attached hydrogens (tertiary/aromatic N) is 4. The van der Waals surface area contributed by atoms with Gasteiger partial charge in [-0.25, -0.2) is 39.1 Å². The molecule has 0 fully saturated rings. The first-order chi connectivity index (χ1) is 18.8. The van der Waals surface area contributed by atoms with Gasteiger partial charge in [0.15, 0.2) is 0 Å². The Balaban J connectivity index is 4.12. The molecule has 0 aliphatic carbocycles. The van der Waals surface area contributed by atoms with E-state index in [4.69, 9.17) is 0 Å². The van der Waals surface area contributed by atoms with Gasteiger partial charge in [0.2, 0.25) is 24.3 Å². The van der Waals surface area contributed by atoms with Crippen LogP contribution in [0.2, 0.25) is 0 Å². The Morgan fingerprint density at radius 3 is 1.16 bits per heavy atom. The lowest BCUT2D eigenvalue weighted by atomic mass is 9.87. The zero-order valence-corrected chi connectivity index (χ0v) is 23.5. The molecule has 0 N–H and O–H groups in total. The van der Waals surface area contributed by atoms with E-state index in [0.29, 0.717) is 19.6 Å². The molecule has 0 aliphatic rings. The molecular formula is C30H50N4O4. The molecule has 0 saturated carbocycles. The van der Waals surface area contributed by atoms with Crippen molar-refractivity contribution in [2.45, 2.75) is 141 Å². The highest BCUT2D eigenvalue weighted by Gasteiger charge is 2.20. The van der Waals surface area contributed by atoms with E-state index in [1.165, 1.54) is 70.6 Å². The van der Waals surface area contributed by atoms with Gasteiger partial charge in [-0.15, -0.1) is 0 Å². The molecule has 0 aromatic carbocycles. The number of unbranched alkanes of at least 4 members (excludes halogenated alkanes) is 16. The first kappa shape index (κ1) is 35.5. The summed E-state index contributed by atoms with van der Waals surface area (Å²) in [4.78, 5) is 56.8. The van der Waals surface area contributed by atoms with E-state index in [9.17, 15) is 19.2 Å². The molecule has 0 aromatic rings. The topological polar surface area (TPSA) is 118 Å². The van der Waals surface area contributed by atoms with E-state index in [1.54, 1.807) is 24.3 Å². The smallest absolute Gasteiger partial charge is 0.211 e. The van der Waals surface area contributed by atoms with Crippen LogP contribution >= 0.6 is 0 Å². The summed E-state index contributed by atoms with van der Waals surface area (Å²) in [7, 11) is 0. The molecule has 0 aliphatic heterocycles. The molecule has 0 heterocycles. The zero-order valence-electron chi connectivity index (χ0n) is 23.5. The molecule has 0 bridgehead atoms. The van der Waals surface area contributed by atoms with Crippen LogP contribution in [0.4, 0.5) is 0 Å². The van der Waals surface area contributed by atoms with Gasteiger partial charge in [0.05, 0.1) is 25.7 Å². The average Bonchev–Trinajstić information content (AvgIpc) is 2.92. The van der Waals surface area contributed by atoms with Crippen LogP contribution in [0.3, 0.4) is 0 Å². The highest BCUT2D eigenvalue weighted by Crippen LogP contribution is 2.25. The number of rotatable bonds is 29. The first-order valence-electron chi connectivity index (χ1n) is 15.0. The van der Waals surface area contributed by atoms with Gasteiger partial charge in [-0.1, -0.05) is 103 Å². The molecule has 0 saturated heterocycles. The van der Waals surface area contributed by atoms with Gasteiger partial charge < -0.3 is 0 Å². The average molecular weight is 531 g/mol. The number of hydrogen-bond acceptors (Lipinski definition) is 8. The molecule has 8 heteroatoms. The van der Waals surface area contributed by atoms with Crippen molar-refractivity contribution in [3.8, 4) is 0 Å². The maximum Gasteiger partial charge on any atom is 0.235 e. The van der Waals surface area contributed by atoms with Crippen molar-refractivity contribution in [1.82, 2.24) is 0 Å². The summed E-state index contributed by atoms with van der Waals surface area (Å²) >= 11 is 0. The van der Waals surface area contributed by atoms with Crippen LogP contribution < -0.4 is 0 Å². The standard InChI is InChI=1S/C30H50N4O4/c35-25-31-22-17-13-9-5-1-3-7-11-15-19-29(21-24-33-27-37)30(34-28-38)20-16-12-8-4-2-6-10-14-18-23-32-26-36/h29-30H,1-24H2. The summed E-state index contributed by atoms with van der Waals surface area (Å²) < 4.78 is 0. The maximum atomic E-state index is 11.1. The summed E-state index contributed by atoms with van der Waals surface area (Å²) in [6.45, 7) is 1.64. The van der Waals surface area contributed by atoms with Crippen molar-refractivity contribution >= 4 is 24.3 Å². The summed E-state index contributed by atoms with van der Waals surface area (Å²) in [6, 6.07) is -0.0353. The van der Waals surface area contributed by atoms with E-state index in [-0.39, 0.29) is 12.0 Å². The number of isocyanates is 4. The minimum absolute atomic E-state index is 0.0353. The van der Waals surface area contributed by atoms with Crippen LogP contribution in [-0.2, 0) is 19.2 Å². The second-order valence-electron chi connectivity index (χ2n) is 10.2. The Hall–Kier alpha value is -2.48. The third kappa shape index (κ3) is 25.2. The van der Waals surface area contributed by atoms with E-state index in [0.717, 1.165) is 64.2 Å². The predicted octanol–water partition coefficient (Wildman–Crippen LogP) is 7.51. The van der Waals surface area contributed by atoms with Gasteiger partial charge in [0.25, 0.3) is 0 Å². The maximum absolute atomic E-state index is 11.1. The molecule has 0 rings (SSSR count). The molecule has 38 heavy (non-hydrogen) atoms. The largest absolute Gasteiger partial charge is 0.235 e. The number of carbonyl (C=O) groups excluding carboxylic acids is 4. The fraction of sp³-hybridized carbons (Fsp3) is 0.867. The minimum atomic E-state index is -0.0353. The lowest BCUT2D eigenvalue weighted by Gasteiger charge is -2.22. The molecule has 214 valence electrons. The van der Waals surface area contributed by atoms with Crippen LogP contribution in [0.15, 0.2) is 20.0 Å². The van der Waals surface area contributed by atoms with Gasteiger partial charge in [0.1, 0.15) is 0 Å². The Labute approximate surface area is 230 Å². The van der Waals surface area contributed by atoms with Gasteiger partial charge in [-0.2, -0.15) is 0 Å². The highest BCUT2D eigenvalue weighted by molar-refractivity contribution is 5.34. The second-order valence-corrected chi connectivity index (χ2v) is 10.2. The Morgan fingerprint density at radius 1 is 0.368 bits per heavy atom. The van der Waals surface area contributed by atoms with Crippen molar-refractivity contribution < 1.29 is 19.2 Å². The minimum Gasteiger partial charge on any atom is -0.211 e. The SMILES string of the molecule is O=C=NCCCCCCCCCCCC(CCN=C=O)C(CCCCCCCCCCCN=C=O)N=C=O. The number of aliphatic imine (C=N–C) groups is 4. The monoisotopic (exact) mass is 530 g/mol. The summed E-state index contributed by atoms with van der Waals surface area (Å²) in [5.74, 6) is 0.256. The normalized spacial score (nSPS) is 11.9. The number of hydrogen-bond donors (Lipinski definition) is 0. The van der Waals surface area contributed by atoms with Crippen molar-refractivity contribution in [2.24, 2.45) is 25.9 Å². The summed E-state index contributed by atoms with van der Waals surface area (Å²) in [5, 5.41) is 0. The van der Waals surface area contributed by atoms with Crippen LogP contribution in [0.5, 0.6) is 0 Å². The summed E-state index contributed by atoms with van der Waals surface area (Å²) in [6.07, 6.45) is 30.0. The van der Waals surface area contributed by atoms with E-state index in [2.05, 4.69) is 20.0 Å². The Bertz CT molecular complexity index is 735. The van der Waals surface area contributed by atoms with Crippen LogP contribution in [0.1, 0.15) is 135 Å². The van der Waals surface area contributed by atoms with Gasteiger partial charge in [0, 0.05) is 0 Å². The van der Waals surface area contributed by atoms with Crippen LogP contribution in [0.25, 0.3) is 0 Å². The molecule has 8 nitrogen and oxygen atoms in total. The first-order valence-corrected chi connectivity index (χ1v) is 15.0. The Kier molecular flexibility index (Phi) is 28.7. The molecule has 2 unspecified atom stereocenters. The van der Waals surface area contributed by atoms with Crippen LogP contribution in [-0.4, -0.2) is 50.0 Å². The fourth-order valence-electron chi connectivity index (χ4n) is 4.99. The van der Waals surface area contributed by atoms with Gasteiger partial charge in [-0.3, -0.25) is 0 Å².